The number of hydrogen-bond donors (Lipinski definition) is 0. The predicted molar refractivity (Wildman–Crippen MR) is 111 cm³/mol. The molecular formula is C20H22Cl2HfSi-2. The summed E-state index contributed by atoms with van der Waals surface area (Å²) >= 11 is 0. The van der Waals surface area contributed by atoms with Gasteiger partial charge in [-0.05, 0) is 0 Å². The van der Waals surface area contributed by atoms with E-state index in [2.05, 4.69) is 79.8 Å². The van der Waals surface area contributed by atoms with Crippen LogP contribution in [0, 0.1) is 6.08 Å². The minimum Gasteiger partial charge on any atom is -0.273 e. The summed E-state index contributed by atoms with van der Waals surface area (Å²) in [4.78, 5) is 0. The van der Waals surface area contributed by atoms with Crippen LogP contribution in [0.2, 0.25) is 13.1 Å². The van der Waals surface area contributed by atoms with Crippen LogP contribution in [-0.4, -0.2) is 9.52 Å². The first-order valence-electron chi connectivity index (χ1n) is 7.20. The average Bonchev–Trinajstić information content (AvgIpc) is 3.19. The molecular weight excluding hydrogens is 518 g/mol. The standard InChI is InChI=1S/C13H9.C5H5.C2H6Si.2ClH.Hf/c1-3-7-12-10(5-1)9-11-6-2-4-8-13(11)12;1-2-4-5-3-1;1-3-2;;;/h1-9H;1-3H,4H2;1-2H3;2*1H;/q2*-1;;;;. The summed E-state index contributed by atoms with van der Waals surface area (Å²) in [5, 5.41) is 5.39. The zero-order chi connectivity index (χ0) is 14.9. The summed E-state index contributed by atoms with van der Waals surface area (Å²) < 4.78 is 0. The van der Waals surface area contributed by atoms with Gasteiger partial charge < -0.3 is 0 Å². The maximum atomic E-state index is 2.99. The average molecular weight is 540 g/mol. The Morgan fingerprint density at radius 3 is 1.67 bits per heavy atom. The monoisotopic (exact) mass is 540 g/mol. The summed E-state index contributed by atoms with van der Waals surface area (Å²) in [7, 11) is 1.08. The van der Waals surface area contributed by atoms with Crippen molar-refractivity contribution < 1.29 is 25.8 Å². The van der Waals surface area contributed by atoms with Crippen LogP contribution >= 0.6 is 24.8 Å². The molecule has 4 heteroatoms. The van der Waals surface area contributed by atoms with Crippen LogP contribution in [-0.2, 0) is 25.8 Å². The van der Waals surface area contributed by atoms with E-state index >= 15 is 0 Å². The fourth-order valence-corrected chi connectivity index (χ4v) is 2.24. The second-order valence-corrected chi connectivity index (χ2v) is 5.82. The van der Waals surface area contributed by atoms with Gasteiger partial charge in [-0.1, -0.05) is 49.5 Å². The summed E-state index contributed by atoms with van der Waals surface area (Å²) in [5.41, 5.74) is 0. The molecule has 0 fully saturated rings. The van der Waals surface area contributed by atoms with Crippen molar-refractivity contribution in [3.8, 4) is 0 Å². The Balaban J connectivity index is 0. The fourth-order valence-electron chi connectivity index (χ4n) is 2.24. The Kier molecular flexibility index (Phi) is 15.8. The van der Waals surface area contributed by atoms with Gasteiger partial charge in [0.25, 0.3) is 0 Å². The number of halogens is 2. The van der Waals surface area contributed by atoms with Gasteiger partial charge in [0, 0.05) is 35.4 Å². The van der Waals surface area contributed by atoms with Gasteiger partial charge in [0.05, 0.1) is 0 Å². The van der Waals surface area contributed by atoms with Crippen LogP contribution in [0.5, 0.6) is 0 Å². The van der Waals surface area contributed by atoms with E-state index in [1.165, 1.54) is 21.5 Å². The molecule has 3 aromatic rings. The van der Waals surface area contributed by atoms with Gasteiger partial charge in [0.1, 0.15) is 0 Å². The largest absolute Gasteiger partial charge is 0.273 e. The third kappa shape index (κ3) is 7.56. The van der Waals surface area contributed by atoms with Crippen molar-refractivity contribution in [3.05, 3.63) is 78.9 Å². The number of benzene rings is 2. The molecule has 2 radical (unpaired) electrons. The topological polar surface area (TPSA) is 0 Å². The number of rotatable bonds is 0. The number of fused-ring (bicyclic) bond motifs is 3. The first kappa shape index (κ1) is 25.7. The van der Waals surface area contributed by atoms with E-state index in [0.717, 1.165) is 15.9 Å². The minimum atomic E-state index is 0. The summed E-state index contributed by atoms with van der Waals surface area (Å²) in [6.07, 6.45) is 10.0. The first-order chi connectivity index (χ1) is 10.4. The SMILES string of the molecule is C[Si]C.Cl.Cl.[C-]1=CC=CC1.[Hf].c1ccc2c(c1)[cH-]c1ccccc12. The molecule has 0 saturated heterocycles. The van der Waals surface area contributed by atoms with Crippen molar-refractivity contribution in [2.24, 2.45) is 0 Å². The van der Waals surface area contributed by atoms with E-state index in [0.29, 0.717) is 0 Å². The second-order valence-electron chi connectivity index (χ2n) is 4.82. The predicted octanol–water partition coefficient (Wildman–Crippen LogP) is 6.65. The van der Waals surface area contributed by atoms with Gasteiger partial charge in [0.15, 0.2) is 0 Å². The van der Waals surface area contributed by atoms with Gasteiger partial charge in [-0.25, -0.2) is 12.2 Å². The van der Waals surface area contributed by atoms with Crippen molar-refractivity contribution in [1.29, 1.82) is 0 Å². The molecule has 126 valence electrons. The molecule has 0 aromatic heterocycles. The van der Waals surface area contributed by atoms with Gasteiger partial charge in [-0.3, -0.25) is 6.08 Å². The molecule has 3 aromatic carbocycles. The Bertz CT molecular complexity index is 687. The van der Waals surface area contributed by atoms with E-state index < -0.39 is 0 Å². The molecule has 24 heavy (non-hydrogen) atoms. The van der Waals surface area contributed by atoms with Gasteiger partial charge in [-0.15, -0.1) is 71.0 Å². The molecule has 4 rings (SSSR count). The zero-order valence-corrected chi connectivity index (χ0v) is 20.2. The molecule has 0 atom stereocenters. The zero-order valence-electron chi connectivity index (χ0n) is 14.0. The molecule has 0 N–H and O–H groups in total. The Morgan fingerprint density at radius 1 is 0.875 bits per heavy atom. The van der Waals surface area contributed by atoms with E-state index in [1.54, 1.807) is 0 Å². The van der Waals surface area contributed by atoms with E-state index in [-0.39, 0.29) is 50.7 Å². The fraction of sp³-hybridized carbons (Fsp3) is 0.150. The maximum absolute atomic E-state index is 2.99. The number of allylic oxidation sites excluding steroid dienone is 4. The van der Waals surface area contributed by atoms with Crippen LogP contribution in [0.3, 0.4) is 0 Å². The molecule has 0 spiro atoms. The van der Waals surface area contributed by atoms with E-state index in [1.807, 2.05) is 12.2 Å². The first-order valence-corrected chi connectivity index (χ1v) is 9.20. The number of hydrogen-bond acceptors (Lipinski definition) is 0. The molecule has 0 bridgehead atoms. The normalized spacial score (nSPS) is 10.4. The summed E-state index contributed by atoms with van der Waals surface area (Å²) in [6.45, 7) is 4.31. The molecule has 0 amide bonds. The Morgan fingerprint density at radius 2 is 1.33 bits per heavy atom. The second kappa shape index (κ2) is 14.8. The minimum absolute atomic E-state index is 0. The van der Waals surface area contributed by atoms with Gasteiger partial charge >= 0.3 is 0 Å². The molecule has 1 aliphatic carbocycles. The third-order valence-electron chi connectivity index (χ3n) is 3.11. The van der Waals surface area contributed by atoms with E-state index in [4.69, 9.17) is 0 Å². The van der Waals surface area contributed by atoms with Gasteiger partial charge in [-0.2, -0.15) is 6.08 Å². The van der Waals surface area contributed by atoms with Crippen molar-refractivity contribution in [3.63, 3.8) is 0 Å². The molecule has 0 aliphatic heterocycles. The molecule has 0 saturated carbocycles. The van der Waals surface area contributed by atoms with Crippen LogP contribution in [0.15, 0.2) is 72.8 Å². The molecule has 0 nitrogen and oxygen atoms in total. The van der Waals surface area contributed by atoms with Crippen molar-refractivity contribution in [2.45, 2.75) is 19.5 Å². The van der Waals surface area contributed by atoms with E-state index in [9.17, 15) is 0 Å². The summed E-state index contributed by atoms with van der Waals surface area (Å²) in [5.74, 6) is 0. The third-order valence-corrected chi connectivity index (χ3v) is 3.11. The van der Waals surface area contributed by atoms with Crippen molar-refractivity contribution >= 4 is 55.9 Å². The van der Waals surface area contributed by atoms with Crippen molar-refractivity contribution in [2.75, 3.05) is 0 Å². The Labute approximate surface area is 179 Å². The van der Waals surface area contributed by atoms with Gasteiger partial charge in [0.2, 0.25) is 0 Å². The maximum Gasteiger partial charge on any atom is 0.0307 e. The quantitative estimate of drug-likeness (QED) is 0.222. The molecule has 0 unspecified atom stereocenters. The molecule has 1 aliphatic rings. The Hall–Kier alpha value is -0.543. The summed E-state index contributed by atoms with van der Waals surface area (Å²) in [6, 6.07) is 19.3. The van der Waals surface area contributed by atoms with Crippen LogP contribution in [0.1, 0.15) is 6.42 Å². The van der Waals surface area contributed by atoms with Crippen LogP contribution in [0.4, 0.5) is 0 Å². The van der Waals surface area contributed by atoms with Crippen LogP contribution in [0.25, 0.3) is 21.5 Å². The molecule has 0 heterocycles. The van der Waals surface area contributed by atoms with Crippen LogP contribution < -0.4 is 0 Å². The smallest absolute Gasteiger partial charge is 0.0307 e. The van der Waals surface area contributed by atoms with Crippen molar-refractivity contribution in [1.82, 2.24) is 0 Å².